The molecule has 0 saturated carbocycles. The number of hydrogen-bond donors (Lipinski definition) is 0. The first-order valence-corrected chi connectivity index (χ1v) is 12.9. The molecule has 0 unspecified atom stereocenters. The van der Waals surface area contributed by atoms with Crippen LogP contribution in [0.5, 0.6) is 0 Å². The first-order chi connectivity index (χ1) is 25.8. The predicted molar refractivity (Wildman–Crippen MR) is 172 cm³/mol. The Morgan fingerprint density at radius 1 is 0.488 bits per heavy atom. The van der Waals surface area contributed by atoms with E-state index >= 15 is 0 Å². The third-order valence-corrected chi connectivity index (χ3v) is 7.14. The molecule has 1 aromatic heterocycles. The van der Waals surface area contributed by atoms with Crippen LogP contribution < -0.4 is 0 Å². The molecule has 1 heterocycles. The molecule has 0 aliphatic carbocycles. The summed E-state index contributed by atoms with van der Waals surface area (Å²) in [7, 11) is 0. The highest BCUT2D eigenvalue weighted by atomic mass is 15.1. The quantitative estimate of drug-likeness (QED) is 0.205. The summed E-state index contributed by atoms with van der Waals surface area (Å²) in [5, 5.41) is -0.315. The van der Waals surface area contributed by atoms with Gasteiger partial charge in [0.1, 0.15) is 5.82 Å². The van der Waals surface area contributed by atoms with Gasteiger partial charge in [-0.25, -0.2) is 4.98 Å². The van der Waals surface area contributed by atoms with Crippen LogP contribution in [0.4, 0.5) is 0 Å². The second kappa shape index (κ2) is 9.62. The van der Waals surface area contributed by atoms with Gasteiger partial charge in [-0.2, -0.15) is 0 Å². The average Bonchev–Trinajstić information content (AvgIpc) is 3.56. The molecular weight excluding hydrogens is 496 g/mol. The lowest BCUT2D eigenvalue weighted by molar-refractivity contribution is 1.13. The van der Waals surface area contributed by atoms with Crippen LogP contribution in [0.15, 0.2) is 157 Å². The smallest absolute Gasteiger partial charge is 0.145 e. The normalized spacial score (nSPS) is 15.9. The first-order valence-electron chi connectivity index (χ1n) is 19.4. The Morgan fingerprint density at radius 3 is 1.76 bits per heavy atom. The summed E-state index contributed by atoms with van der Waals surface area (Å²) in [6.07, 6.45) is 0. The van der Waals surface area contributed by atoms with E-state index in [1.807, 2.05) is 36.4 Å². The third kappa shape index (κ3) is 3.76. The van der Waals surface area contributed by atoms with E-state index in [0.717, 1.165) is 5.56 Å². The lowest BCUT2D eigenvalue weighted by atomic mass is 9.86. The summed E-state index contributed by atoms with van der Waals surface area (Å²) in [4.78, 5) is 4.74. The van der Waals surface area contributed by atoms with Crippen LogP contribution in [-0.4, -0.2) is 9.55 Å². The number of rotatable bonds is 4. The summed E-state index contributed by atoms with van der Waals surface area (Å²) in [6, 6.07) is 15.6. The molecule has 8 rings (SSSR count). The predicted octanol–water partition coefficient (Wildman–Crippen LogP) is 10.3. The second-order valence-corrected chi connectivity index (χ2v) is 9.39. The molecule has 192 valence electrons. The minimum atomic E-state index is -0.629. The van der Waals surface area contributed by atoms with Crippen LogP contribution >= 0.6 is 0 Å². The lowest BCUT2D eigenvalue weighted by Gasteiger charge is -2.21. The van der Waals surface area contributed by atoms with Crippen molar-refractivity contribution >= 4 is 32.6 Å². The van der Waals surface area contributed by atoms with E-state index in [4.69, 9.17) is 17.3 Å². The van der Waals surface area contributed by atoms with Crippen molar-refractivity contribution in [2.45, 2.75) is 0 Å². The molecule has 0 spiro atoms. The molecule has 0 amide bonds. The summed E-state index contributed by atoms with van der Waals surface area (Å²) in [5.41, 5.74) is 2.15. The van der Waals surface area contributed by atoms with Crippen LogP contribution in [-0.2, 0) is 0 Å². The second-order valence-electron chi connectivity index (χ2n) is 9.39. The number of benzene rings is 7. The van der Waals surface area contributed by atoms with Gasteiger partial charge in [-0.05, 0) is 45.2 Å². The van der Waals surface area contributed by atoms with Gasteiger partial charge >= 0.3 is 0 Å². The topological polar surface area (TPSA) is 17.8 Å². The van der Waals surface area contributed by atoms with Gasteiger partial charge in [-0.3, -0.25) is 4.57 Å². The Kier molecular flexibility index (Phi) is 3.22. The van der Waals surface area contributed by atoms with Gasteiger partial charge in [-0.15, -0.1) is 0 Å². The summed E-state index contributed by atoms with van der Waals surface area (Å²) >= 11 is 0. The summed E-state index contributed by atoms with van der Waals surface area (Å²) < 4.78 is 117. The lowest BCUT2D eigenvalue weighted by Crippen LogP contribution is -2.01. The molecule has 0 N–H and O–H groups in total. The molecule has 0 aliphatic rings. The van der Waals surface area contributed by atoms with Gasteiger partial charge in [0.05, 0.1) is 34.5 Å². The van der Waals surface area contributed by atoms with Crippen molar-refractivity contribution in [1.29, 1.82) is 0 Å². The van der Waals surface area contributed by atoms with Crippen molar-refractivity contribution in [3.8, 4) is 39.3 Å². The SMILES string of the molecule is [2H]c1c([2H])c([2H])c(-c2nc3ccccc3n2-c2c3c([2H])c([2H])c([2H])c([2H])c3c(-c3ccccc3-c3ccccc3)c3c([2H])c([2H])c([2H])c([2H])c23)c([2H])c1[2H]. The number of aromatic nitrogens is 2. The zero-order chi connectivity index (χ0) is 38.5. The molecule has 2 nitrogen and oxygen atoms in total. The van der Waals surface area contributed by atoms with Crippen molar-refractivity contribution in [2.75, 3.05) is 0 Å². The monoisotopic (exact) mass is 535 g/mol. The first kappa shape index (κ1) is 13.7. The Hall–Kier alpha value is -5.47. The highest BCUT2D eigenvalue weighted by Gasteiger charge is 2.22. The Morgan fingerprint density at radius 2 is 1.05 bits per heavy atom. The molecule has 2 heteroatoms. The molecule has 0 atom stereocenters. The van der Waals surface area contributed by atoms with Crippen LogP contribution in [0.25, 0.3) is 71.9 Å². The van der Waals surface area contributed by atoms with Crippen molar-refractivity contribution in [3.05, 3.63) is 157 Å². The fourth-order valence-electron chi connectivity index (χ4n) is 5.45. The van der Waals surface area contributed by atoms with Gasteiger partial charge in [0.2, 0.25) is 0 Å². The van der Waals surface area contributed by atoms with Crippen LogP contribution in [0.3, 0.4) is 0 Å². The van der Waals surface area contributed by atoms with E-state index in [2.05, 4.69) is 0 Å². The number of fused-ring (bicyclic) bond motifs is 3. The molecule has 0 saturated heterocycles. The minimum absolute atomic E-state index is 0.0401. The highest BCUT2D eigenvalue weighted by molar-refractivity contribution is 6.20. The molecule has 7 aromatic carbocycles. The van der Waals surface area contributed by atoms with Crippen LogP contribution in [0.2, 0.25) is 0 Å². The zero-order valence-electron chi connectivity index (χ0n) is 34.4. The molecule has 8 aromatic rings. The maximum atomic E-state index is 9.43. The van der Waals surface area contributed by atoms with Gasteiger partial charge in [-0.1, -0.05) is 145 Å². The van der Waals surface area contributed by atoms with Crippen molar-refractivity contribution in [1.82, 2.24) is 9.55 Å². The van der Waals surface area contributed by atoms with E-state index in [0.29, 0.717) is 22.2 Å². The highest BCUT2D eigenvalue weighted by Crippen LogP contribution is 2.45. The third-order valence-electron chi connectivity index (χ3n) is 7.14. The van der Waals surface area contributed by atoms with Crippen LogP contribution in [0.1, 0.15) is 17.8 Å². The maximum Gasteiger partial charge on any atom is 0.145 e. The van der Waals surface area contributed by atoms with Gasteiger partial charge < -0.3 is 0 Å². The number of nitrogens with zero attached hydrogens (tertiary/aromatic N) is 2. The average molecular weight is 536 g/mol. The fourth-order valence-corrected chi connectivity index (χ4v) is 5.45. The Labute approximate surface area is 257 Å². The Bertz CT molecular complexity index is 2810. The molecule has 41 heavy (non-hydrogen) atoms. The largest absolute Gasteiger partial charge is 0.291 e. The summed E-state index contributed by atoms with van der Waals surface area (Å²) in [5.74, 6) is -0.187. The van der Waals surface area contributed by atoms with E-state index in [9.17, 15) is 5.48 Å². The van der Waals surface area contributed by atoms with E-state index < -0.39 is 78.6 Å². The number of hydrogen-bond acceptors (Lipinski definition) is 1. The van der Waals surface area contributed by atoms with E-state index in [-0.39, 0.29) is 44.2 Å². The number of imidazole rings is 1. The standard InChI is InChI=1S/C39H26N2/c1-3-15-27(16-4-1)29-19-7-8-20-30(29)37-31-21-9-11-23-33(31)38(34-24-12-10-22-32(34)37)41-36-26-14-13-25-35(36)40-39(41)28-17-5-2-6-18-28/h1-26H/i2D,5D,6D,9D,10D,11D,12D,17D,18D,21D,22D,23D,24D. The van der Waals surface area contributed by atoms with Crippen molar-refractivity contribution in [2.24, 2.45) is 0 Å². The Balaban J connectivity index is 1.73. The maximum absolute atomic E-state index is 9.43. The zero-order valence-corrected chi connectivity index (χ0v) is 21.4. The summed E-state index contributed by atoms with van der Waals surface area (Å²) in [6.45, 7) is 0. The van der Waals surface area contributed by atoms with Crippen molar-refractivity contribution in [3.63, 3.8) is 0 Å². The molecule has 0 bridgehead atoms. The molecular formula is C39H26N2. The van der Waals surface area contributed by atoms with E-state index in [1.165, 1.54) is 4.57 Å². The number of para-hydroxylation sites is 2. The molecule has 0 fully saturated rings. The van der Waals surface area contributed by atoms with Gasteiger partial charge in [0.15, 0.2) is 0 Å². The molecule has 0 radical (unpaired) electrons. The van der Waals surface area contributed by atoms with E-state index in [1.54, 1.807) is 42.5 Å². The molecule has 0 aliphatic heterocycles. The van der Waals surface area contributed by atoms with Gasteiger partial charge in [0.25, 0.3) is 0 Å². The fraction of sp³-hybridized carbons (Fsp3) is 0. The van der Waals surface area contributed by atoms with Gasteiger partial charge in [0, 0.05) is 16.3 Å². The van der Waals surface area contributed by atoms with Crippen LogP contribution in [0, 0.1) is 0 Å². The minimum Gasteiger partial charge on any atom is -0.291 e. The van der Waals surface area contributed by atoms with Crippen molar-refractivity contribution < 1.29 is 17.8 Å².